The second kappa shape index (κ2) is 12.9. The van der Waals surface area contributed by atoms with Gasteiger partial charge in [0.25, 0.3) is 5.91 Å². The van der Waals surface area contributed by atoms with E-state index in [1.165, 1.54) is 29.9 Å². The number of aromatic nitrogens is 1. The van der Waals surface area contributed by atoms with Crippen molar-refractivity contribution in [1.82, 2.24) is 14.4 Å². The molecule has 1 aliphatic rings. The van der Waals surface area contributed by atoms with E-state index in [-0.39, 0.29) is 30.2 Å². The molecule has 0 atom stereocenters. The molecule has 2 heterocycles. The van der Waals surface area contributed by atoms with E-state index in [1.54, 1.807) is 17.0 Å². The van der Waals surface area contributed by atoms with Crippen molar-refractivity contribution in [3.63, 3.8) is 0 Å². The van der Waals surface area contributed by atoms with Crippen LogP contribution in [0.3, 0.4) is 0 Å². The zero-order valence-corrected chi connectivity index (χ0v) is 21.9. The number of hydrogen-bond acceptors (Lipinski definition) is 3. The quantitative estimate of drug-likeness (QED) is 0.303. The number of thiophene rings is 1. The lowest BCUT2D eigenvalue weighted by molar-refractivity contribution is -0.135. The van der Waals surface area contributed by atoms with Gasteiger partial charge in [-0.05, 0) is 60.5 Å². The fourth-order valence-electron chi connectivity index (χ4n) is 4.93. The van der Waals surface area contributed by atoms with E-state index in [4.69, 9.17) is 0 Å². The van der Waals surface area contributed by atoms with Gasteiger partial charge >= 0.3 is 0 Å². The van der Waals surface area contributed by atoms with Gasteiger partial charge in [-0.2, -0.15) is 0 Å². The third-order valence-electron chi connectivity index (χ3n) is 6.98. The first kappa shape index (κ1) is 26.1. The molecule has 0 aliphatic heterocycles. The molecule has 1 aliphatic carbocycles. The first-order valence-corrected chi connectivity index (χ1v) is 13.9. The van der Waals surface area contributed by atoms with Crippen LogP contribution < -0.4 is 0 Å². The van der Waals surface area contributed by atoms with Crippen molar-refractivity contribution < 1.29 is 14.0 Å². The topological polar surface area (TPSA) is 45.6 Å². The molecule has 0 bridgehead atoms. The number of hydrogen-bond donors (Lipinski definition) is 0. The molecule has 192 valence electrons. The van der Waals surface area contributed by atoms with Crippen LogP contribution in [-0.4, -0.2) is 45.3 Å². The van der Waals surface area contributed by atoms with Gasteiger partial charge < -0.3 is 14.4 Å². The largest absolute Gasteiger partial charge is 0.345 e. The number of amides is 2. The van der Waals surface area contributed by atoms with Crippen LogP contribution in [0.1, 0.15) is 72.8 Å². The Balaban J connectivity index is 1.52. The van der Waals surface area contributed by atoms with Crippen molar-refractivity contribution in [1.29, 1.82) is 0 Å². The van der Waals surface area contributed by atoms with Crippen LogP contribution >= 0.6 is 11.3 Å². The molecule has 2 amide bonds. The summed E-state index contributed by atoms with van der Waals surface area (Å²) in [4.78, 5) is 31.4. The van der Waals surface area contributed by atoms with E-state index in [0.29, 0.717) is 24.5 Å². The first-order valence-electron chi connectivity index (χ1n) is 13.1. The third kappa shape index (κ3) is 6.84. The van der Waals surface area contributed by atoms with Crippen molar-refractivity contribution in [3.05, 3.63) is 82.1 Å². The van der Waals surface area contributed by atoms with Crippen LogP contribution in [0.5, 0.6) is 0 Å². The molecule has 0 unspecified atom stereocenters. The van der Waals surface area contributed by atoms with Gasteiger partial charge in [0, 0.05) is 31.0 Å². The van der Waals surface area contributed by atoms with Crippen LogP contribution in [-0.2, 0) is 17.9 Å². The predicted octanol–water partition coefficient (Wildman–Crippen LogP) is 6.34. The molecular formula is C29H36FN3O2S. The Bertz CT molecular complexity index is 1100. The molecule has 1 aromatic carbocycles. The Hall–Kier alpha value is -2.93. The molecule has 0 N–H and O–H groups in total. The van der Waals surface area contributed by atoms with Crippen LogP contribution in [0.25, 0.3) is 0 Å². The van der Waals surface area contributed by atoms with Crippen LogP contribution in [0, 0.1) is 5.82 Å². The van der Waals surface area contributed by atoms with Gasteiger partial charge in [-0.25, -0.2) is 4.39 Å². The van der Waals surface area contributed by atoms with E-state index in [2.05, 4.69) is 17.6 Å². The standard InChI is InChI=1S/C29H36FN3O2S/c1-2-3-17-32(29(35)27-12-8-19-36-27)22-28(34)33(25-9-5-4-6-10-25)21-26-11-7-18-31(26)20-23-13-15-24(30)16-14-23/h7-8,11-16,18-19,25H,2-6,9-10,17,20-22H2,1H3. The minimum Gasteiger partial charge on any atom is -0.345 e. The molecule has 0 spiro atoms. The zero-order chi connectivity index (χ0) is 25.3. The molecule has 7 heteroatoms. The van der Waals surface area contributed by atoms with Crippen molar-refractivity contribution in [2.24, 2.45) is 0 Å². The molecular weight excluding hydrogens is 473 g/mol. The number of carbonyl (C=O) groups excluding carboxylic acids is 2. The molecule has 3 aromatic rings. The normalized spacial score (nSPS) is 14.1. The number of nitrogens with zero attached hydrogens (tertiary/aromatic N) is 3. The fourth-order valence-corrected chi connectivity index (χ4v) is 5.62. The summed E-state index contributed by atoms with van der Waals surface area (Å²) >= 11 is 1.42. The Kier molecular flexibility index (Phi) is 9.34. The summed E-state index contributed by atoms with van der Waals surface area (Å²) < 4.78 is 15.5. The highest BCUT2D eigenvalue weighted by atomic mass is 32.1. The number of carbonyl (C=O) groups is 2. The minimum absolute atomic E-state index is 0.0115. The molecule has 1 fully saturated rings. The van der Waals surface area contributed by atoms with Crippen LogP contribution in [0.15, 0.2) is 60.1 Å². The summed E-state index contributed by atoms with van der Waals surface area (Å²) in [7, 11) is 0. The highest BCUT2D eigenvalue weighted by Gasteiger charge is 2.29. The Morgan fingerprint density at radius 2 is 1.83 bits per heavy atom. The monoisotopic (exact) mass is 509 g/mol. The first-order chi connectivity index (χ1) is 17.5. The van der Waals surface area contributed by atoms with Crippen LogP contribution in [0.4, 0.5) is 4.39 Å². The average molecular weight is 510 g/mol. The lowest BCUT2D eigenvalue weighted by Crippen LogP contribution is -2.47. The lowest BCUT2D eigenvalue weighted by atomic mass is 9.94. The average Bonchev–Trinajstić information content (AvgIpc) is 3.59. The van der Waals surface area contributed by atoms with E-state index in [1.807, 2.05) is 34.7 Å². The highest BCUT2D eigenvalue weighted by molar-refractivity contribution is 7.12. The SMILES string of the molecule is CCCCN(CC(=O)N(Cc1cccn1Cc1ccc(F)cc1)C1CCCCC1)C(=O)c1cccs1. The molecule has 1 saturated carbocycles. The minimum atomic E-state index is -0.245. The molecule has 2 aromatic heterocycles. The van der Waals surface area contributed by atoms with Gasteiger partial charge in [-0.1, -0.05) is 50.8 Å². The van der Waals surface area contributed by atoms with Gasteiger partial charge in [0.15, 0.2) is 0 Å². The van der Waals surface area contributed by atoms with Crippen molar-refractivity contribution >= 4 is 23.2 Å². The van der Waals surface area contributed by atoms with Gasteiger partial charge in [-0.15, -0.1) is 11.3 Å². The zero-order valence-electron chi connectivity index (χ0n) is 21.1. The smallest absolute Gasteiger partial charge is 0.264 e. The maximum Gasteiger partial charge on any atom is 0.264 e. The number of halogens is 1. The number of benzene rings is 1. The summed E-state index contributed by atoms with van der Waals surface area (Å²) in [6, 6.07) is 14.5. The number of rotatable bonds is 11. The summed E-state index contributed by atoms with van der Waals surface area (Å²) in [6.07, 6.45) is 9.29. The lowest BCUT2D eigenvalue weighted by Gasteiger charge is -2.36. The van der Waals surface area contributed by atoms with Crippen molar-refractivity contribution in [3.8, 4) is 0 Å². The molecule has 4 rings (SSSR count). The van der Waals surface area contributed by atoms with Gasteiger partial charge in [0.05, 0.1) is 11.4 Å². The second-order valence-corrected chi connectivity index (χ2v) is 10.6. The summed E-state index contributed by atoms with van der Waals surface area (Å²) in [5.41, 5.74) is 2.06. The van der Waals surface area contributed by atoms with Crippen LogP contribution in [0.2, 0.25) is 0 Å². The number of unbranched alkanes of at least 4 members (excludes halogenated alkanes) is 1. The molecule has 36 heavy (non-hydrogen) atoms. The third-order valence-corrected chi connectivity index (χ3v) is 7.84. The Morgan fingerprint density at radius 3 is 2.53 bits per heavy atom. The van der Waals surface area contributed by atoms with E-state index < -0.39 is 0 Å². The second-order valence-electron chi connectivity index (χ2n) is 9.62. The van der Waals surface area contributed by atoms with Gasteiger partial charge in [0.2, 0.25) is 5.91 Å². The van der Waals surface area contributed by atoms with Crippen molar-refractivity contribution in [2.45, 2.75) is 71.0 Å². The molecule has 0 radical (unpaired) electrons. The maximum absolute atomic E-state index is 13.8. The summed E-state index contributed by atoms with van der Waals surface area (Å²) in [5.74, 6) is -0.294. The van der Waals surface area contributed by atoms with E-state index in [9.17, 15) is 14.0 Å². The molecule has 5 nitrogen and oxygen atoms in total. The van der Waals surface area contributed by atoms with E-state index >= 15 is 0 Å². The van der Waals surface area contributed by atoms with Gasteiger partial charge in [0.1, 0.15) is 12.4 Å². The van der Waals surface area contributed by atoms with Crippen molar-refractivity contribution in [2.75, 3.05) is 13.1 Å². The summed E-state index contributed by atoms with van der Waals surface area (Å²) in [6.45, 7) is 3.91. The van der Waals surface area contributed by atoms with E-state index in [0.717, 1.165) is 49.8 Å². The summed E-state index contributed by atoms with van der Waals surface area (Å²) in [5, 5.41) is 1.90. The van der Waals surface area contributed by atoms with Gasteiger partial charge in [-0.3, -0.25) is 9.59 Å². The predicted molar refractivity (Wildman–Crippen MR) is 142 cm³/mol. The Labute approximate surface area is 217 Å². The Morgan fingerprint density at radius 1 is 1.06 bits per heavy atom. The fraction of sp³-hybridized carbons (Fsp3) is 0.448. The molecule has 0 saturated heterocycles. The maximum atomic E-state index is 13.8. The highest BCUT2D eigenvalue weighted by Crippen LogP contribution is 2.25.